The molecule has 1 aliphatic carbocycles. The van der Waals surface area contributed by atoms with Gasteiger partial charge in [0.05, 0.1) is 5.39 Å². The lowest BCUT2D eigenvalue weighted by molar-refractivity contribution is 0.259. The molecule has 4 rings (SSSR count). The molecule has 0 nitrogen and oxygen atoms in total. The van der Waals surface area contributed by atoms with Crippen molar-refractivity contribution in [3.05, 3.63) is 77.6 Å². The predicted octanol–water partition coefficient (Wildman–Crippen LogP) is 8.72. The molecule has 1 aliphatic rings. The number of aryl methyl sites for hydroxylation is 1. The number of fused-ring (bicyclic) bond motifs is 1. The Bertz CT molecular complexity index is 1070. The molecule has 0 saturated heterocycles. The molecular formula is C28H29F3. The van der Waals surface area contributed by atoms with E-state index in [1.54, 1.807) is 12.1 Å². The molecule has 162 valence electrons. The molecule has 0 unspecified atom stereocenters. The summed E-state index contributed by atoms with van der Waals surface area (Å²) in [6.45, 7) is 5.77. The summed E-state index contributed by atoms with van der Waals surface area (Å²) >= 11 is 0. The van der Waals surface area contributed by atoms with E-state index in [0.717, 1.165) is 18.3 Å². The molecule has 1 saturated carbocycles. The average molecular weight is 423 g/mol. The molecule has 0 spiro atoms. The van der Waals surface area contributed by atoms with Crippen LogP contribution in [0.1, 0.15) is 56.6 Å². The summed E-state index contributed by atoms with van der Waals surface area (Å²) in [7, 11) is 0. The molecule has 0 amide bonds. The molecule has 3 heteroatoms. The van der Waals surface area contributed by atoms with Gasteiger partial charge in [0.1, 0.15) is 5.82 Å². The SMILES string of the molecule is C=Cc1cc2ccc(-c3ccc(CCC4CCC(CC)CC4)cc3)c(F)c2c(F)c1F. The smallest absolute Gasteiger partial charge is 0.170 e. The largest absolute Gasteiger partial charge is 0.206 e. The molecule has 0 aromatic heterocycles. The van der Waals surface area contributed by atoms with Crippen LogP contribution in [0.2, 0.25) is 0 Å². The molecule has 0 aliphatic heterocycles. The van der Waals surface area contributed by atoms with Gasteiger partial charge in [0.25, 0.3) is 0 Å². The van der Waals surface area contributed by atoms with Gasteiger partial charge in [-0.25, -0.2) is 13.2 Å². The Morgan fingerprint density at radius 1 is 0.871 bits per heavy atom. The third-order valence-electron chi connectivity index (χ3n) is 7.02. The predicted molar refractivity (Wildman–Crippen MR) is 123 cm³/mol. The van der Waals surface area contributed by atoms with E-state index >= 15 is 4.39 Å². The Kier molecular flexibility index (Phi) is 6.50. The summed E-state index contributed by atoms with van der Waals surface area (Å²) in [6, 6.07) is 12.5. The molecule has 0 radical (unpaired) electrons. The Balaban J connectivity index is 1.52. The standard InChI is InChI=1S/C28H29F3/c1-3-18-5-7-19(8-6-18)9-10-20-11-13-22(14-12-20)24-16-15-23-17-21(4-2)26(29)28(31)25(23)27(24)30/h4,11-19H,2-3,5-10H2,1H3. The van der Waals surface area contributed by atoms with Crippen molar-refractivity contribution < 1.29 is 13.2 Å². The van der Waals surface area contributed by atoms with Crippen LogP contribution in [-0.2, 0) is 6.42 Å². The summed E-state index contributed by atoms with van der Waals surface area (Å²) in [4.78, 5) is 0. The molecule has 0 bridgehead atoms. The van der Waals surface area contributed by atoms with Gasteiger partial charge in [0.15, 0.2) is 11.6 Å². The second-order valence-corrected chi connectivity index (χ2v) is 8.85. The van der Waals surface area contributed by atoms with Crippen molar-refractivity contribution in [1.82, 2.24) is 0 Å². The van der Waals surface area contributed by atoms with Crippen molar-refractivity contribution in [2.24, 2.45) is 11.8 Å². The number of hydrogen-bond acceptors (Lipinski definition) is 0. The van der Waals surface area contributed by atoms with E-state index in [1.807, 2.05) is 24.3 Å². The Morgan fingerprint density at radius 3 is 2.19 bits per heavy atom. The molecule has 0 atom stereocenters. The van der Waals surface area contributed by atoms with Crippen molar-refractivity contribution in [2.45, 2.75) is 51.9 Å². The van der Waals surface area contributed by atoms with Crippen LogP contribution >= 0.6 is 0 Å². The van der Waals surface area contributed by atoms with Gasteiger partial charge in [-0.3, -0.25) is 0 Å². The third-order valence-corrected chi connectivity index (χ3v) is 7.02. The first kappa shape index (κ1) is 21.7. The molecule has 0 heterocycles. The zero-order valence-electron chi connectivity index (χ0n) is 18.1. The molecule has 3 aromatic carbocycles. The van der Waals surface area contributed by atoms with Gasteiger partial charge in [-0.15, -0.1) is 0 Å². The molecule has 0 N–H and O–H groups in total. The van der Waals surface area contributed by atoms with Crippen molar-refractivity contribution in [1.29, 1.82) is 0 Å². The lowest BCUT2D eigenvalue weighted by Crippen LogP contribution is -2.14. The maximum absolute atomic E-state index is 15.2. The van der Waals surface area contributed by atoms with Crippen molar-refractivity contribution in [3.63, 3.8) is 0 Å². The zero-order valence-corrected chi connectivity index (χ0v) is 18.1. The summed E-state index contributed by atoms with van der Waals surface area (Å²) in [5.74, 6) is -1.25. The van der Waals surface area contributed by atoms with Gasteiger partial charge in [0, 0.05) is 11.1 Å². The fourth-order valence-electron chi connectivity index (χ4n) is 4.92. The number of rotatable bonds is 6. The van der Waals surface area contributed by atoms with Crippen molar-refractivity contribution in [2.75, 3.05) is 0 Å². The van der Waals surface area contributed by atoms with E-state index in [4.69, 9.17) is 0 Å². The van der Waals surface area contributed by atoms with Crippen LogP contribution < -0.4 is 0 Å². The highest BCUT2D eigenvalue weighted by Crippen LogP contribution is 2.35. The fourth-order valence-corrected chi connectivity index (χ4v) is 4.92. The van der Waals surface area contributed by atoms with Crippen LogP contribution in [0.3, 0.4) is 0 Å². The summed E-state index contributed by atoms with van der Waals surface area (Å²) in [6.07, 6.45) is 10.1. The van der Waals surface area contributed by atoms with E-state index in [1.165, 1.54) is 56.2 Å². The van der Waals surface area contributed by atoms with Crippen LogP contribution in [0.25, 0.3) is 28.0 Å². The highest BCUT2D eigenvalue weighted by atomic mass is 19.2. The third kappa shape index (κ3) is 4.42. The molecular weight excluding hydrogens is 393 g/mol. The van der Waals surface area contributed by atoms with Gasteiger partial charge < -0.3 is 0 Å². The summed E-state index contributed by atoms with van der Waals surface area (Å²) in [5.41, 5.74) is 2.21. The van der Waals surface area contributed by atoms with Crippen molar-refractivity contribution >= 4 is 16.8 Å². The van der Waals surface area contributed by atoms with Crippen LogP contribution in [0.5, 0.6) is 0 Å². The monoisotopic (exact) mass is 422 g/mol. The minimum Gasteiger partial charge on any atom is -0.206 e. The maximum Gasteiger partial charge on any atom is 0.170 e. The lowest BCUT2D eigenvalue weighted by atomic mass is 9.78. The van der Waals surface area contributed by atoms with Crippen LogP contribution in [0.15, 0.2) is 49.0 Å². The average Bonchev–Trinajstić information content (AvgIpc) is 2.81. The molecule has 1 fully saturated rings. The first-order chi connectivity index (χ1) is 15.0. The van der Waals surface area contributed by atoms with E-state index in [9.17, 15) is 8.78 Å². The van der Waals surface area contributed by atoms with Crippen molar-refractivity contribution in [3.8, 4) is 11.1 Å². The zero-order chi connectivity index (χ0) is 22.0. The Morgan fingerprint density at radius 2 is 1.55 bits per heavy atom. The molecule has 3 aromatic rings. The highest BCUT2D eigenvalue weighted by molar-refractivity contribution is 5.90. The second-order valence-electron chi connectivity index (χ2n) is 8.85. The van der Waals surface area contributed by atoms with E-state index < -0.39 is 17.5 Å². The fraction of sp³-hybridized carbons (Fsp3) is 0.357. The number of benzene rings is 3. The van der Waals surface area contributed by atoms with Gasteiger partial charge >= 0.3 is 0 Å². The normalized spacial score (nSPS) is 19.0. The number of halogens is 3. The highest BCUT2D eigenvalue weighted by Gasteiger charge is 2.20. The van der Waals surface area contributed by atoms with E-state index in [0.29, 0.717) is 10.9 Å². The lowest BCUT2D eigenvalue weighted by Gasteiger charge is -2.27. The summed E-state index contributed by atoms with van der Waals surface area (Å²) in [5, 5.41) is 0.0109. The van der Waals surface area contributed by atoms with Gasteiger partial charge in [-0.1, -0.05) is 88.1 Å². The topological polar surface area (TPSA) is 0 Å². The molecule has 31 heavy (non-hydrogen) atoms. The minimum atomic E-state index is -1.17. The van der Waals surface area contributed by atoms with E-state index in [-0.39, 0.29) is 16.5 Å². The van der Waals surface area contributed by atoms with Gasteiger partial charge in [0.2, 0.25) is 0 Å². The Hall–Kier alpha value is -2.55. The van der Waals surface area contributed by atoms with Crippen LogP contribution in [0, 0.1) is 29.3 Å². The van der Waals surface area contributed by atoms with E-state index in [2.05, 4.69) is 13.5 Å². The Labute approximate surface area is 182 Å². The van der Waals surface area contributed by atoms with Crippen LogP contribution in [0.4, 0.5) is 13.2 Å². The van der Waals surface area contributed by atoms with Gasteiger partial charge in [-0.2, -0.15) is 0 Å². The van der Waals surface area contributed by atoms with Gasteiger partial charge in [-0.05, 0) is 47.3 Å². The maximum atomic E-state index is 15.2. The van der Waals surface area contributed by atoms with Crippen LogP contribution in [-0.4, -0.2) is 0 Å². The second kappa shape index (κ2) is 9.30. The quantitative estimate of drug-likeness (QED) is 0.372. The first-order valence-electron chi connectivity index (χ1n) is 11.3. The first-order valence-corrected chi connectivity index (χ1v) is 11.3. The minimum absolute atomic E-state index is 0.0321. The summed E-state index contributed by atoms with van der Waals surface area (Å²) < 4.78 is 43.8. The number of hydrogen-bond donors (Lipinski definition) is 0.